The fraction of sp³-hybridized carbons (Fsp3) is 0.538. The molecule has 0 spiro atoms. The first-order chi connectivity index (χ1) is 7.65. The zero-order valence-corrected chi connectivity index (χ0v) is 11.3. The average molecular weight is 283 g/mol. The van der Waals surface area contributed by atoms with Crippen LogP contribution in [-0.4, -0.2) is 18.0 Å². The monoisotopic (exact) mass is 282 g/mol. The maximum Gasteiger partial charge on any atom is 0.0458 e. The molecule has 1 saturated heterocycles. The molecule has 1 aromatic rings. The van der Waals surface area contributed by atoms with Gasteiger partial charge in [-0.15, -0.1) is 0 Å². The van der Waals surface area contributed by atoms with Gasteiger partial charge in [-0.1, -0.05) is 13.0 Å². The third kappa shape index (κ3) is 2.98. The van der Waals surface area contributed by atoms with Gasteiger partial charge in [-0.05, 0) is 58.9 Å². The quantitative estimate of drug-likeness (QED) is 0.844. The predicted molar refractivity (Wildman–Crippen MR) is 72.2 cm³/mol. The van der Waals surface area contributed by atoms with Crippen molar-refractivity contribution in [1.29, 1.82) is 0 Å². The standard InChI is InChI=1S/C13H19BrN2/c1-10-3-2-6-16(8-10)9-11-4-5-13(15)12(14)7-11/h4-5,7,10H,2-3,6,8-9,15H2,1H3. The molecule has 16 heavy (non-hydrogen) atoms. The normalized spacial score (nSPS) is 22.2. The molecule has 0 saturated carbocycles. The minimum atomic E-state index is 0.816. The lowest BCUT2D eigenvalue weighted by Crippen LogP contribution is -2.33. The molecule has 2 rings (SSSR count). The van der Waals surface area contributed by atoms with Crippen LogP contribution in [0.25, 0.3) is 0 Å². The highest BCUT2D eigenvalue weighted by Gasteiger charge is 2.16. The Hall–Kier alpha value is -0.540. The summed E-state index contributed by atoms with van der Waals surface area (Å²) in [6, 6.07) is 6.24. The molecule has 0 bridgehead atoms. The van der Waals surface area contributed by atoms with Crippen molar-refractivity contribution in [2.75, 3.05) is 18.8 Å². The van der Waals surface area contributed by atoms with E-state index in [9.17, 15) is 0 Å². The number of nitrogens with two attached hydrogens (primary N) is 1. The molecule has 0 aliphatic carbocycles. The average Bonchev–Trinajstić information content (AvgIpc) is 2.24. The van der Waals surface area contributed by atoms with Crippen molar-refractivity contribution in [3.05, 3.63) is 28.2 Å². The summed E-state index contributed by atoms with van der Waals surface area (Å²) in [4.78, 5) is 2.53. The smallest absolute Gasteiger partial charge is 0.0458 e. The third-order valence-corrected chi connectivity index (χ3v) is 3.90. The summed E-state index contributed by atoms with van der Waals surface area (Å²) < 4.78 is 1.01. The summed E-state index contributed by atoms with van der Waals surface area (Å²) in [6.07, 6.45) is 2.71. The van der Waals surface area contributed by atoms with Crippen LogP contribution in [0.5, 0.6) is 0 Å². The Morgan fingerprint density at radius 3 is 3.00 bits per heavy atom. The van der Waals surface area contributed by atoms with E-state index in [0.29, 0.717) is 0 Å². The van der Waals surface area contributed by atoms with Gasteiger partial charge in [-0.25, -0.2) is 0 Å². The first-order valence-corrected chi connectivity index (χ1v) is 6.70. The molecule has 0 amide bonds. The number of likely N-dealkylation sites (tertiary alicyclic amines) is 1. The van der Waals surface area contributed by atoms with E-state index in [1.807, 2.05) is 6.07 Å². The lowest BCUT2D eigenvalue weighted by molar-refractivity contribution is 0.176. The Morgan fingerprint density at radius 1 is 1.50 bits per heavy atom. The van der Waals surface area contributed by atoms with E-state index in [4.69, 9.17) is 5.73 Å². The van der Waals surface area contributed by atoms with Crippen molar-refractivity contribution in [3.8, 4) is 0 Å². The van der Waals surface area contributed by atoms with Crippen LogP contribution in [0.4, 0.5) is 5.69 Å². The van der Waals surface area contributed by atoms with Crippen molar-refractivity contribution in [2.24, 2.45) is 5.92 Å². The minimum absolute atomic E-state index is 0.816. The highest BCUT2D eigenvalue weighted by atomic mass is 79.9. The largest absolute Gasteiger partial charge is 0.398 e. The summed E-state index contributed by atoms with van der Waals surface area (Å²) in [5, 5.41) is 0. The first-order valence-electron chi connectivity index (χ1n) is 5.91. The molecule has 1 heterocycles. The number of anilines is 1. The predicted octanol–water partition coefficient (Wildman–Crippen LogP) is 3.26. The molecule has 1 fully saturated rings. The molecule has 0 aromatic heterocycles. The zero-order valence-electron chi connectivity index (χ0n) is 9.75. The molecule has 1 aromatic carbocycles. The van der Waals surface area contributed by atoms with Gasteiger partial charge in [0.15, 0.2) is 0 Å². The molecular formula is C13H19BrN2. The first kappa shape index (κ1) is 11.9. The zero-order chi connectivity index (χ0) is 11.5. The summed E-state index contributed by atoms with van der Waals surface area (Å²) in [6.45, 7) is 5.84. The van der Waals surface area contributed by atoms with E-state index in [0.717, 1.165) is 22.6 Å². The van der Waals surface area contributed by atoms with E-state index in [1.54, 1.807) is 0 Å². The summed E-state index contributed by atoms with van der Waals surface area (Å²) in [5.74, 6) is 0.839. The molecule has 3 heteroatoms. The highest BCUT2D eigenvalue weighted by molar-refractivity contribution is 9.10. The Morgan fingerprint density at radius 2 is 2.31 bits per heavy atom. The van der Waals surface area contributed by atoms with Gasteiger partial charge in [-0.3, -0.25) is 4.90 Å². The maximum absolute atomic E-state index is 5.78. The number of hydrogen-bond donors (Lipinski definition) is 1. The fourth-order valence-corrected chi connectivity index (χ4v) is 2.78. The van der Waals surface area contributed by atoms with E-state index in [1.165, 1.54) is 31.5 Å². The van der Waals surface area contributed by atoms with Crippen LogP contribution < -0.4 is 5.73 Å². The van der Waals surface area contributed by atoms with Crippen molar-refractivity contribution in [3.63, 3.8) is 0 Å². The number of halogens is 1. The number of benzene rings is 1. The van der Waals surface area contributed by atoms with Gasteiger partial charge < -0.3 is 5.73 Å². The maximum atomic E-state index is 5.78. The molecule has 1 atom stereocenters. The van der Waals surface area contributed by atoms with Crippen molar-refractivity contribution in [1.82, 2.24) is 4.90 Å². The lowest BCUT2D eigenvalue weighted by Gasteiger charge is -2.30. The summed E-state index contributed by atoms with van der Waals surface area (Å²) in [5.41, 5.74) is 7.94. The van der Waals surface area contributed by atoms with Gasteiger partial charge in [0.2, 0.25) is 0 Å². The van der Waals surface area contributed by atoms with Crippen LogP contribution in [0.15, 0.2) is 22.7 Å². The number of piperidine rings is 1. The van der Waals surface area contributed by atoms with Crippen LogP contribution in [0.3, 0.4) is 0 Å². The van der Waals surface area contributed by atoms with Crippen LogP contribution in [0, 0.1) is 5.92 Å². The van der Waals surface area contributed by atoms with E-state index < -0.39 is 0 Å². The van der Waals surface area contributed by atoms with E-state index in [-0.39, 0.29) is 0 Å². The fourth-order valence-electron chi connectivity index (χ4n) is 2.36. The highest BCUT2D eigenvalue weighted by Crippen LogP contribution is 2.23. The Kier molecular flexibility index (Phi) is 3.87. The molecule has 88 valence electrons. The second-order valence-corrected chi connectivity index (χ2v) is 5.69. The molecule has 1 aliphatic rings. The van der Waals surface area contributed by atoms with E-state index >= 15 is 0 Å². The summed E-state index contributed by atoms with van der Waals surface area (Å²) in [7, 11) is 0. The Labute approximate surface area is 106 Å². The van der Waals surface area contributed by atoms with Gasteiger partial charge in [0, 0.05) is 23.2 Å². The molecule has 1 unspecified atom stereocenters. The number of rotatable bonds is 2. The summed E-state index contributed by atoms with van der Waals surface area (Å²) >= 11 is 3.48. The molecule has 0 radical (unpaired) electrons. The topological polar surface area (TPSA) is 29.3 Å². The molecule has 2 N–H and O–H groups in total. The number of hydrogen-bond acceptors (Lipinski definition) is 2. The Bertz CT molecular complexity index is 365. The number of nitrogen functional groups attached to an aromatic ring is 1. The van der Waals surface area contributed by atoms with Gasteiger partial charge >= 0.3 is 0 Å². The third-order valence-electron chi connectivity index (χ3n) is 3.21. The SMILES string of the molecule is CC1CCCN(Cc2ccc(N)c(Br)c2)C1. The number of nitrogens with zero attached hydrogens (tertiary/aromatic N) is 1. The Balaban J connectivity index is 2.00. The molecule has 2 nitrogen and oxygen atoms in total. The van der Waals surface area contributed by atoms with Crippen LogP contribution in [0.1, 0.15) is 25.3 Å². The van der Waals surface area contributed by atoms with Crippen molar-refractivity contribution in [2.45, 2.75) is 26.3 Å². The second-order valence-electron chi connectivity index (χ2n) is 4.84. The van der Waals surface area contributed by atoms with E-state index in [2.05, 4.69) is 39.9 Å². The second kappa shape index (κ2) is 5.19. The lowest BCUT2D eigenvalue weighted by atomic mass is 10.00. The molecule has 1 aliphatic heterocycles. The van der Waals surface area contributed by atoms with Crippen LogP contribution in [0.2, 0.25) is 0 Å². The van der Waals surface area contributed by atoms with Crippen LogP contribution >= 0.6 is 15.9 Å². The van der Waals surface area contributed by atoms with Gasteiger partial charge in [0.05, 0.1) is 0 Å². The molecular weight excluding hydrogens is 264 g/mol. The van der Waals surface area contributed by atoms with Crippen LogP contribution in [-0.2, 0) is 6.54 Å². The van der Waals surface area contributed by atoms with Crippen molar-refractivity contribution >= 4 is 21.6 Å². The van der Waals surface area contributed by atoms with Gasteiger partial charge in [0.1, 0.15) is 0 Å². The van der Waals surface area contributed by atoms with Gasteiger partial charge in [0.25, 0.3) is 0 Å². The minimum Gasteiger partial charge on any atom is -0.398 e. The van der Waals surface area contributed by atoms with Gasteiger partial charge in [-0.2, -0.15) is 0 Å². The van der Waals surface area contributed by atoms with Crippen molar-refractivity contribution < 1.29 is 0 Å².